The number of benzene rings is 1. The molecule has 0 fully saturated rings. The third-order valence-corrected chi connectivity index (χ3v) is 3.22. The van der Waals surface area contributed by atoms with Crippen LogP contribution in [-0.4, -0.2) is 34.0 Å². The molecular formula is C12H13N3O4S. The van der Waals surface area contributed by atoms with Gasteiger partial charge < -0.3 is 10.4 Å². The molecule has 2 N–H and O–H groups in total. The number of nitriles is 1. The van der Waals surface area contributed by atoms with Crippen LogP contribution >= 0.6 is 11.8 Å². The fraction of sp³-hybridized carbons (Fsp3) is 0.333. The molecule has 8 heteroatoms. The molecule has 1 atom stereocenters. The van der Waals surface area contributed by atoms with E-state index in [4.69, 9.17) is 10.4 Å². The summed E-state index contributed by atoms with van der Waals surface area (Å²) in [6.07, 6.45) is 2.25. The molecule has 0 spiro atoms. The Hall–Kier alpha value is -2.27. The number of carboxylic acid groups (broad SMARTS) is 1. The SMILES string of the molecule is CSCC[C@H](Nc1ccc([N+](=O)[O-])cc1C#N)C(=O)O. The molecular weight excluding hydrogens is 282 g/mol. The number of nitro benzene ring substituents is 1. The molecule has 1 rings (SSSR count). The summed E-state index contributed by atoms with van der Waals surface area (Å²) >= 11 is 1.52. The number of hydrogen-bond acceptors (Lipinski definition) is 6. The van der Waals surface area contributed by atoms with Crippen molar-refractivity contribution >= 4 is 29.1 Å². The number of carboxylic acids is 1. The van der Waals surface area contributed by atoms with Crippen molar-refractivity contribution in [1.29, 1.82) is 5.26 Å². The summed E-state index contributed by atoms with van der Waals surface area (Å²) in [4.78, 5) is 21.1. The Labute approximate surface area is 119 Å². The first-order valence-corrected chi connectivity index (χ1v) is 7.05. The first kappa shape index (κ1) is 15.8. The van der Waals surface area contributed by atoms with Gasteiger partial charge in [-0.05, 0) is 24.5 Å². The third-order valence-electron chi connectivity index (χ3n) is 2.57. The Morgan fingerprint density at radius 3 is 2.85 bits per heavy atom. The molecule has 0 aromatic heterocycles. The lowest BCUT2D eigenvalue weighted by molar-refractivity contribution is -0.384. The van der Waals surface area contributed by atoms with Crippen molar-refractivity contribution in [2.75, 3.05) is 17.3 Å². The average Bonchev–Trinajstić information content (AvgIpc) is 2.42. The summed E-state index contributed by atoms with van der Waals surface area (Å²) in [5.41, 5.74) is 0.129. The highest BCUT2D eigenvalue weighted by molar-refractivity contribution is 7.98. The van der Waals surface area contributed by atoms with Crippen molar-refractivity contribution in [3.05, 3.63) is 33.9 Å². The number of hydrogen-bond donors (Lipinski definition) is 2. The van der Waals surface area contributed by atoms with E-state index in [2.05, 4.69) is 5.32 Å². The maximum Gasteiger partial charge on any atom is 0.326 e. The molecule has 7 nitrogen and oxygen atoms in total. The van der Waals surface area contributed by atoms with Crippen molar-refractivity contribution < 1.29 is 14.8 Å². The summed E-state index contributed by atoms with van der Waals surface area (Å²) in [6.45, 7) is 0. The molecule has 0 saturated carbocycles. The van der Waals surface area contributed by atoms with Crippen molar-refractivity contribution in [2.45, 2.75) is 12.5 Å². The topological polar surface area (TPSA) is 116 Å². The number of carbonyl (C=O) groups is 1. The van der Waals surface area contributed by atoms with Gasteiger partial charge in [-0.3, -0.25) is 10.1 Å². The second kappa shape index (κ2) is 7.35. The van der Waals surface area contributed by atoms with Gasteiger partial charge in [-0.15, -0.1) is 0 Å². The Morgan fingerprint density at radius 2 is 2.35 bits per heavy atom. The van der Waals surface area contributed by atoms with E-state index >= 15 is 0 Å². The standard InChI is InChI=1S/C12H13N3O4S/c1-20-5-4-11(12(16)17)14-10-3-2-9(15(18)19)6-8(10)7-13/h2-3,6,11,14H,4-5H2,1H3,(H,16,17)/t11-/m0/s1. The van der Waals surface area contributed by atoms with E-state index in [0.717, 1.165) is 6.07 Å². The van der Waals surface area contributed by atoms with Gasteiger partial charge in [0, 0.05) is 12.1 Å². The van der Waals surface area contributed by atoms with Crippen molar-refractivity contribution in [3.63, 3.8) is 0 Å². The fourth-order valence-corrected chi connectivity index (χ4v) is 2.02. The number of nitrogens with zero attached hydrogens (tertiary/aromatic N) is 2. The van der Waals surface area contributed by atoms with Gasteiger partial charge in [0.1, 0.15) is 12.1 Å². The number of thioether (sulfide) groups is 1. The number of aliphatic carboxylic acids is 1. The maximum atomic E-state index is 11.1. The highest BCUT2D eigenvalue weighted by Gasteiger charge is 2.19. The summed E-state index contributed by atoms with van der Waals surface area (Å²) in [5, 5.41) is 31.5. The number of non-ortho nitro benzene ring substituents is 1. The molecule has 20 heavy (non-hydrogen) atoms. The zero-order valence-electron chi connectivity index (χ0n) is 10.7. The lowest BCUT2D eigenvalue weighted by Gasteiger charge is -2.16. The van der Waals surface area contributed by atoms with Gasteiger partial charge in [-0.2, -0.15) is 17.0 Å². The Kier molecular flexibility index (Phi) is 5.80. The molecule has 106 valence electrons. The summed E-state index contributed by atoms with van der Waals surface area (Å²) in [7, 11) is 0. The van der Waals surface area contributed by atoms with E-state index < -0.39 is 16.9 Å². The van der Waals surface area contributed by atoms with E-state index in [1.165, 1.54) is 23.9 Å². The zero-order chi connectivity index (χ0) is 15.1. The van der Waals surface area contributed by atoms with Crippen LogP contribution in [0, 0.1) is 21.4 Å². The minimum atomic E-state index is -1.03. The second-order valence-corrected chi connectivity index (χ2v) is 4.90. The molecule has 0 unspecified atom stereocenters. The monoisotopic (exact) mass is 295 g/mol. The van der Waals surface area contributed by atoms with Crippen molar-refractivity contribution in [2.24, 2.45) is 0 Å². The van der Waals surface area contributed by atoms with Gasteiger partial charge in [0.15, 0.2) is 0 Å². The molecule has 0 radical (unpaired) electrons. The minimum absolute atomic E-state index is 0.0506. The van der Waals surface area contributed by atoms with Crippen LogP contribution in [0.1, 0.15) is 12.0 Å². The van der Waals surface area contributed by atoms with Gasteiger partial charge in [0.25, 0.3) is 5.69 Å². The highest BCUT2D eigenvalue weighted by atomic mass is 32.2. The summed E-state index contributed by atoms with van der Waals surface area (Å²) < 4.78 is 0. The van der Waals surface area contributed by atoms with E-state index in [0.29, 0.717) is 12.2 Å². The predicted octanol–water partition coefficient (Wildman–Crippen LogP) is 2.08. The summed E-state index contributed by atoms with van der Waals surface area (Å²) in [5.74, 6) is -0.375. The second-order valence-electron chi connectivity index (χ2n) is 3.92. The van der Waals surface area contributed by atoms with Crippen LogP contribution in [-0.2, 0) is 4.79 Å². The molecule has 0 aliphatic heterocycles. The average molecular weight is 295 g/mol. The maximum absolute atomic E-state index is 11.1. The van der Waals surface area contributed by atoms with E-state index in [1.807, 2.05) is 12.3 Å². The van der Waals surface area contributed by atoms with Crippen LogP contribution < -0.4 is 5.32 Å². The summed E-state index contributed by atoms with van der Waals surface area (Å²) in [6, 6.07) is 4.70. The van der Waals surface area contributed by atoms with Gasteiger partial charge >= 0.3 is 5.97 Å². The van der Waals surface area contributed by atoms with Gasteiger partial charge in [-0.1, -0.05) is 0 Å². The Balaban J connectivity index is 2.98. The normalized spacial score (nSPS) is 11.4. The molecule has 0 aliphatic rings. The minimum Gasteiger partial charge on any atom is -0.480 e. The van der Waals surface area contributed by atoms with Crippen LogP contribution in [0.15, 0.2) is 18.2 Å². The van der Waals surface area contributed by atoms with E-state index in [1.54, 1.807) is 0 Å². The largest absolute Gasteiger partial charge is 0.480 e. The quantitative estimate of drug-likeness (QED) is 0.584. The number of nitrogens with one attached hydrogen (secondary N) is 1. The van der Waals surface area contributed by atoms with Crippen LogP contribution in [0.5, 0.6) is 0 Å². The first-order valence-electron chi connectivity index (χ1n) is 5.66. The Bertz CT molecular complexity index is 556. The predicted molar refractivity (Wildman–Crippen MR) is 75.9 cm³/mol. The van der Waals surface area contributed by atoms with Crippen LogP contribution in [0.4, 0.5) is 11.4 Å². The number of rotatable bonds is 7. The molecule has 1 aromatic rings. The van der Waals surface area contributed by atoms with Gasteiger partial charge in [0.2, 0.25) is 0 Å². The molecule has 0 amide bonds. The van der Waals surface area contributed by atoms with E-state index in [9.17, 15) is 14.9 Å². The van der Waals surface area contributed by atoms with E-state index in [-0.39, 0.29) is 16.9 Å². The Morgan fingerprint density at radius 1 is 1.65 bits per heavy atom. The van der Waals surface area contributed by atoms with Gasteiger partial charge in [-0.25, -0.2) is 4.79 Å². The third kappa shape index (κ3) is 4.13. The smallest absolute Gasteiger partial charge is 0.326 e. The van der Waals surface area contributed by atoms with Crippen LogP contribution in [0.25, 0.3) is 0 Å². The first-order chi connectivity index (χ1) is 9.49. The molecule has 0 heterocycles. The lowest BCUT2D eigenvalue weighted by Crippen LogP contribution is -2.30. The molecule has 0 aliphatic carbocycles. The lowest BCUT2D eigenvalue weighted by atomic mass is 10.1. The highest BCUT2D eigenvalue weighted by Crippen LogP contribution is 2.22. The zero-order valence-corrected chi connectivity index (χ0v) is 11.5. The number of nitro groups is 1. The van der Waals surface area contributed by atoms with Crippen LogP contribution in [0.2, 0.25) is 0 Å². The number of anilines is 1. The molecule has 0 bridgehead atoms. The van der Waals surface area contributed by atoms with Crippen LogP contribution in [0.3, 0.4) is 0 Å². The fourth-order valence-electron chi connectivity index (χ4n) is 1.54. The van der Waals surface area contributed by atoms with Gasteiger partial charge in [0.05, 0.1) is 16.2 Å². The van der Waals surface area contributed by atoms with Crippen molar-refractivity contribution in [1.82, 2.24) is 0 Å². The molecule has 0 saturated heterocycles. The van der Waals surface area contributed by atoms with Crippen molar-refractivity contribution in [3.8, 4) is 6.07 Å². The molecule has 1 aromatic carbocycles.